The maximum Gasteiger partial charge on any atom is 0.126 e. The van der Waals surface area contributed by atoms with E-state index in [2.05, 4.69) is 18.3 Å². The Morgan fingerprint density at radius 2 is 2.00 bits per heavy atom. The molecule has 1 aromatic carbocycles. The first kappa shape index (κ1) is 18.0. The van der Waals surface area contributed by atoms with Crippen molar-refractivity contribution in [3.63, 3.8) is 0 Å². The molecule has 0 saturated carbocycles. The number of hydrogen-bond donors (Lipinski definition) is 2. The van der Waals surface area contributed by atoms with Crippen LogP contribution in [0.2, 0.25) is 0 Å². The molecule has 120 valence electrons. The molecule has 0 spiro atoms. The van der Waals surface area contributed by atoms with Crippen LogP contribution in [0.5, 0.6) is 5.75 Å². The Hall–Kier alpha value is -1.10. The molecule has 21 heavy (non-hydrogen) atoms. The van der Waals surface area contributed by atoms with Gasteiger partial charge in [0.2, 0.25) is 0 Å². The summed E-state index contributed by atoms with van der Waals surface area (Å²) in [6, 6.07) is 6.11. The maximum absolute atomic E-state index is 9.89. The van der Waals surface area contributed by atoms with Crippen molar-refractivity contribution in [3.05, 3.63) is 29.3 Å². The minimum atomic E-state index is -0.608. The molecule has 0 bridgehead atoms. The molecule has 0 fully saturated rings. The van der Waals surface area contributed by atoms with E-state index in [-0.39, 0.29) is 12.7 Å². The van der Waals surface area contributed by atoms with E-state index in [1.165, 1.54) is 0 Å². The van der Waals surface area contributed by atoms with Crippen LogP contribution < -0.4 is 10.1 Å². The largest absolute Gasteiger partial charge is 0.490 e. The van der Waals surface area contributed by atoms with Crippen molar-refractivity contribution in [1.82, 2.24) is 5.32 Å². The van der Waals surface area contributed by atoms with Crippen molar-refractivity contribution in [2.45, 2.75) is 52.9 Å². The fourth-order valence-corrected chi connectivity index (χ4v) is 1.99. The zero-order valence-electron chi connectivity index (χ0n) is 13.7. The zero-order valence-corrected chi connectivity index (χ0v) is 13.7. The summed E-state index contributed by atoms with van der Waals surface area (Å²) in [4.78, 5) is 0. The van der Waals surface area contributed by atoms with E-state index in [1.54, 1.807) is 0 Å². The van der Waals surface area contributed by atoms with Gasteiger partial charge in [-0.2, -0.15) is 0 Å². The molecule has 4 nitrogen and oxygen atoms in total. The fourth-order valence-electron chi connectivity index (χ4n) is 1.99. The first-order valence-corrected chi connectivity index (χ1v) is 7.76. The van der Waals surface area contributed by atoms with Gasteiger partial charge in [-0.25, -0.2) is 0 Å². The Morgan fingerprint density at radius 1 is 1.24 bits per heavy atom. The Bertz CT molecular complexity index is 407. The third kappa shape index (κ3) is 6.93. The monoisotopic (exact) mass is 295 g/mol. The SMILES string of the molecule is CCCNCc1cccc(C)c1OCC(O)COC(C)C. The normalized spacial score (nSPS) is 12.7. The Labute approximate surface area is 128 Å². The lowest BCUT2D eigenvalue weighted by atomic mass is 10.1. The summed E-state index contributed by atoms with van der Waals surface area (Å²) in [7, 11) is 0. The van der Waals surface area contributed by atoms with Crippen LogP contribution in [-0.2, 0) is 11.3 Å². The molecule has 1 unspecified atom stereocenters. The molecule has 0 saturated heterocycles. The van der Waals surface area contributed by atoms with Gasteiger partial charge in [0.15, 0.2) is 0 Å². The number of hydrogen-bond acceptors (Lipinski definition) is 4. The second-order valence-corrected chi connectivity index (χ2v) is 5.59. The van der Waals surface area contributed by atoms with E-state index < -0.39 is 6.10 Å². The topological polar surface area (TPSA) is 50.7 Å². The number of aryl methyl sites for hydroxylation is 1. The summed E-state index contributed by atoms with van der Waals surface area (Å²) in [5.41, 5.74) is 2.21. The first-order chi connectivity index (χ1) is 10.0. The Morgan fingerprint density at radius 3 is 2.67 bits per heavy atom. The van der Waals surface area contributed by atoms with Crippen molar-refractivity contribution in [2.75, 3.05) is 19.8 Å². The fraction of sp³-hybridized carbons (Fsp3) is 0.647. The highest BCUT2D eigenvalue weighted by atomic mass is 16.5. The van der Waals surface area contributed by atoms with E-state index in [9.17, 15) is 5.11 Å². The molecule has 0 aromatic heterocycles. The minimum absolute atomic E-state index is 0.118. The van der Waals surface area contributed by atoms with Gasteiger partial charge in [0.05, 0.1) is 12.7 Å². The third-order valence-electron chi connectivity index (χ3n) is 3.08. The lowest BCUT2D eigenvalue weighted by Crippen LogP contribution is -2.26. The van der Waals surface area contributed by atoms with Gasteiger partial charge in [0.25, 0.3) is 0 Å². The molecule has 0 aliphatic carbocycles. The van der Waals surface area contributed by atoms with Gasteiger partial charge < -0.3 is 19.9 Å². The van der Waals surface area contributed by atoms with Crippen LogP contribution in [-0.4, -0.2) is 37.1 Å². The van der Waals surface area contributed by atoms with Gasteiger partial charge in [-0.1, -0.05) is 25.1 Å². The molecule has 0 aliphatic rings. The van der Waals surface area contributed by atoms with Crippen LogP contribution in [0.3, 0.4) is 0 Å². The molecule has 4 heteroatoms. The lowest BCUT2D eigenvalue weighted by Gasteiger charge is -2.18. The Kier molecular flexibility index (Phi) is 8.35. The predicted molar refractivity (Wildman–Crippen MR) is 85.8 cm³/mol. The van der Waals surface area contributed by atoms with Crippen molar-refractivity contribution in [1.29, 1.82) is 0 Å². The summed E-state index contributed by atoms with van der Waals surface area (Å²) < 4.78 is 11.2. The smallest absolute Gasteiger partial charge is 0.126 e. The average Bonchev–Trinajstić information content (AvgIpc) is 2.44. The quantitative estimate of drug-likeness (QED) is 0.652. The highest BCUT2D eigenvalue weighted by Crippen LogP contribution is 2.23. The number of aliphatic hydroxyl groups excluding tert-OH is 1. The molecule has 0 aliphatic heterocycles. The molecule has 1 atom stereocenters. The number of aliphatic hydroxyl groups is 1. The van der Waals surface area contributed by atoms with Gasteiger partial charge in [0.1, 0.15) is 18.5 Å². The number of benzene rings is 1. The summed E-state index contributed by atoms with van der Waals surface area (Å²) >= 11 is 0. The molecule has 0 radical (unpaired) electrons. The number of rotatable bonds is 10. The van der Waals surface area contributed by atoms with Gasteiger partial charge in [-0.3, -0.25) is 0 Å². The summed E-state index contributed by atoms with van der Waals surface area (Å²) in [5, 5.41) is 13.3. The molecule has 1 aromatic rings. The summed E-state index contributed by atoms with van der Waals surface area (Å²) in [6.45, 7) is 10.4. The van der Waals surface area contributed by atoms with Crippen LogP contribution in [0.1, 0.15) is 38.3 Å². The molecule has 2 N–H and O–H groups in total. The van der Waals surface area contributed by atoms with Crippen molar-refractivity contribution >= 4 is 0 Å². The second-order valence-electron chi connectivity index (χ2n) is 5.59. The first-order valence-electron chi connectivity index (χ1n) is 7.76. The van der Waals surface area contributed by atoms with Crippen molar-refractivity contribution in [2.24, 2.45) is 0 Å². The highest BCUT2D eigenvalue weighted by Gasteiger charge is 2.11. The van der Waals surface area contributed by atoms with Crippen LogP contribution >= 0.6 is 0 Å². The zero-order chi connectivity index (χ0) is 15.7. The number of para-hydroxylation sites is 1. The average molecular weight is 295 g/mol. The number of ether oxygens (including phenoxy) is 2. The number of nitrogens with one attached hydrogen (secondary N) is 1. The lowest BCUT2D eigenvalue weighted by molar-refractivity contribution is -0.0125. The molecule has 0 heterocycles. The van der Waals surface area contributed by atoms with E-state index in [0.717, 1.165) is 36.4 Å². The van der Waals surface area contributed by atoms with E-state index >= 15 is 0 Å². The van der Waals surface area contributed by atoms with Crippen LogP contribution in [0, 0.1) is 6.92 Å². The van der Waals surface area contributed by atoms with Crippen LogP contribution in [0.15, 0.2) is 18.2 Å². The van der Waals surface area contributed by atoms with E-state index in [0.29, 0.717) is 6.61 Å². The van der Waals surface area contributed by atoms with E-state index in [1.807, 2.05) is 32.9 Å². The Balaban J connectivity index is 2.56. The molecule has 0 amide bonds. The summed E-state index contributed by atoms with van der Waals surface area (Å²) in [6.07, 6.45) is 0.614. The van der Waals surface area contributed by atoms with Gasteiger partial charge in [0, 0.05) is 12.1 Å². The minimum Gasteiger partial charge on any atom is -0.490 e. The molecular weight excluding hydrogens is 266 g/mol. The van der Waals surface area contributed by atoms with Gasteiger partial charge in [-0.05, 0) is 39.3 Å². The predicted octanol–water partition coefficient (Wildman–Crippen LogP) is 2.66. The highest BCUT2D eigenvalue weighted by molar-refractivity contribution is 5.40. The van der Waals surface area contributed by atoms with Gasteiger partial charge in [-0.15, -0.1) is 0 Å². The summed E-state index contributed by atoms with van der Waals surface area (Å²) in [5.74, 6) is 0.865. The maximum atomic E-state index is 9.89. The van der Waals surface area contributed by atoms with Crippen LogP contribution in [0.25, 0.3) is 0 Å². The standard InChI is InChI=1S/C17H29NO3/c1-5-9-18-10-15-8-6-7-14(4)17(15)21-12-16(19)11-20-13(2)3/h6-8,13,16,18-19H,5,9-12H2,1-4H3. The molecule has 1 rings (SSSR count). The van der Waals surface area contributed by atoms with Gasteiger partial charge >= 0.3 is 0 Å². The van der Waals surface area contributed by atoms with Crippen molar-refractivity contribution in [3.8, 4) is 5.75 Å². The van der Waals surface area contributed by atoms with Crippen molar-refractivity contribution < 1.29 is 14.6 Å². The molecular formula is C17H29NO3. The van der Waals surface area contributed by atoms with E-state index in [4.69, 9.17) is 9.47 Å². The second kappa shape index (κ2) is 9.77. The third-order valence-corrected chi connectivity index (χ3v) is 3.08. The van der Waals surface area contributed by atoms with Crippen LogP contribution in [0.4, 0.5) is 0 Å².